The predicted molar refractivity (Wildman–Crippen MR) is 567 cm³/mol. The van der Waals surface area contributed by atoms with Crippen molar-refractivity contribution < 1.29 is 0 Å². The minimum Gasteiger partial charge on any atom is -0.311 e. The topological polar surface area (TPSA) is 25.9 Å². The maximum Gasteiger partial charge on any atom is 0.0463 e. The second-order valence-corrected chi connectivity index (χ2v) is 32.5. The maximum absolute atomic E-state index is 2.34. The number of para-hydroxylation sites is 10. The molecule has 8 nitrogen and oxygen atoms in total. The van der Waals surface area contributed by atoms with Crippen LogP contribution in [-0.2, 0) is 0 Å². The van der Waals surface area contributed by atoms with Crippen molar-refractivity contribution in [3.8, 4) is 33.4 Å². The maximum atomic E-state index is 2.34. The van der Waals surface area contributed by atoms with Crippen LogP contribution in [0.25, 0.3) is 33.4 Å². The highest BCUT2D eigenvalue weighted by molar-refractivity contribution is 5.90. The van der Waals surface area contributed by atoms with Crippen molar-refractivity contribution in [2.45, 2.75) is 0 Å². The first-order chi connectivity index (χ1) is 66.5. The zero-order chi connectivity index (χ0) is 89.8. The molecule has 0 aliphatic rings. The Hall–Kier alpha value is -18.0. The Morgan fingerprint density at radius 1 is 0.0597 bits per heavy atom. The Morgan fingerprint density at radius 2 is 0.127 bits per heavy atom. The van der Waals surface area contributed by atoms with Crippen LogP contribution in [0.1, 0.15) is 0 Å². The van der Waals surface area contributed by atoms with Crippen LogP contribution in [0.2, 0.25) is 0 Å². The van der Waals surface area contributed by atoms with Gasteiger partial charge in [0.25, 0.3) is 0 Å². The lowest BCUT2D eigenvalue weighted by Gasteiger charge is -2.30. The Morgan fingerprint density at radius 3 is 0.231 bits per heavy atom. The highest BCUT2D eigenvalue weighted by atomic mass is 15.2. The van der Waals surface area contributed by atoms with Crippen molar-refractivity contribution in [2.24, 2.45) is 0 Å². The van der Waals surface area contributed by atoms with Gasteiger partial charge in [0.15, 0.2) is 0 Å². The molecule has 21 rings (SSSR count). The first-order valence-electron chi connectivity index (χ1n) is 45.4. The van der Waals surface area contributed by atoms with Crippen molar-refractivity contribution in [1.82, 2.24) is 0 Å². The summed E-state index contributed by atoms with van der Waals surface area (Å²) in [4.78, 5) is 18.5. The van der Waals surface area contributed by atoms with Crippen LogP contribution in [0.15, 0.2) is 582 Å². The average molecular weight is 1720 g/mol. The van der Waals surface area contributed by atoms with Gasteiger partial charge >= 0.3 is 0 Å². The normalized spacial score (nSPS) is 10.8. The van der Waals surface area contributed by atoms with Crippen LogP contribution >= 0.6 is 0 Å². The lowest BCUT2D eigenvalue weighted by molar-refractivity contribution is 1.24. The summed E-state index contributed by atoms with van der Waals surface area (Å²) in [5.41, 5.74) is 33.0. The molecule has 0 saturated heterocycles. The lowest BCUT2D eigenvalue weighted by Crippen LogP contribution is -2.13. The molecule has 0 aliphatic carbocycles. The summed E-state index contributed by atoms with van der Waals surface area (Å²) in [6, 6.07) is 207. The van der Waals surface area contributed by atoms with Gasteiger partial charge in [-0.15, -0.1) is 0 Å². The molecule has 0 atom stereocenters. The molecule has 0 amide bonds. The number of rotatable bonds is 27. The summed E-state index contributed by atoms with van der Waals surface area (Å²) in [5.74, 6) is 0. The number of benzene rings is 21. The van der Waals surface area contributed by atoms with Gasteiger partial charge in [0.2, 0.25) is 0 Å². The Balaban J connectivity index is 0.000000167. The standard InChI is InChI=1S/C66H50N4.C60H46N4/c1-7-19-51(20-8-1)52-31-33-53(34-32-52)54-35-37-60(38-36-54)70(65-47-41-62(42-48-65)68(57-25-13-4-14-26-57)58-27-15-5-16-28-58)66-49-45-64(46-50-66)69(59-29-17-6-18-30-59)63-43-39-61(40-44-63)67(55-21-9-2-10-22-55)56-23-11-3-12-24-56;1-7-19-47(20-8-1)48-31-33-54(34-32-48)64(59-43-37-56(38-44-59)62(51-25-13-4-14-26-51)52-27-15-5-16-28-52)60-45-41-58(42-46-60)63(53-29-17-6-18-30-53)57-39-35-55(36-40-57)61(49-21-9-2-10-22-49)50-23-11-3-12-24-50/h1-50H;1-46H. The van der Waals surface area contributed by atoms with Crippen LogP contribution in [0.3, 0.4) is 0 Å². The van der Waals surface area contributed by atoms with Crippen molar-refractivity contribution in [3.05, 3.63) is 582 Å². The smallest absolute Gasteiger partial charge is 0.0463 e. The molecule has 0 radical (unpaired) electrons. The lowest BCUT2D eigenvalue weighted by atomic mass is 10.00. The van der Waals surface area contributed by atoms with Crippen LogP contribution in [-0.4, -0.2) is 0 Å². The predicted octanol–water partition coefficient (Wildman–Crippen LogP) is 36.1. The van der Waals surface area contributed by atoms with Crippen LogP contribution in [0, 0.1) is 0 Å². The largest absolute Gasteiger partial charge is 0.311 e. The van der Waals surface area contributed by atoms with Crippen molar-refractivity contribution in [3.63, 3.8) is 0 Å². The Labute approximate surface area is 786 Å². The molecule has 0 heterocycles. The van der Waals surface area contributed by atoms with E-state index >= 15 is 0 Å². The third-order valence-electron chi connectivity index (χ3n) is 24.0. The van der Waals surface area contributed by atoms with E-state index in [1.54, 1.807) is 0 Å². The van der Waals surface area contributed by atoms with Crippen LogP contribution in [0.5, 0.6) is 0 Å². The van der Waals surface area contributed by atoms with E-state index in [2.05, 4.69) is 622 Å². The molecule has 0 fully saturated rings. The fourth-order valence-corrected chi connectivity index (χ4v) is 17.6. The highest BCUT2D eigenvalue weighted by Crippen LogP contribution is 2.48. The first-order valence-corrected chi connectivity index (χ1v) is 45.4. The van der Waals surface area contributed by atoms with Gasteiger partial charge in [-0.05, 0) is 325 Å². The molecule has 0 unspecified atom stereocenters. The monoisotopic (exact) mass is 1720 g/mol. The minimum absolute atomic E-state index is 1.05. The van der Waals surface area contributed by atoms with Crippen molar-refractivity contribution >= 4 is 136 Å². The van der Waals surface area contributed by atoms with Gasteiger partial charge in [-0.3, -0.25) is 0 Å². The third kappa shape index (κ3) is 19.1. The second kappa shape index (κ2) is 40.6. The van der Waals surface area contributed by atoms with E-state index < -0.39 is 0 Å². The van der Waals surface area contributed by atoms with Crippen LogP contribution in [0.4, 0.5) is 136 Å². The van der Waals surface area contributed by atoms with E-state index in [0.717, 1.165) is 142 Å². The van der Waals surface area contributed by atoms with Gasteiger partial charge in [-0.2, -0.15) is 0 Å². The SMILES string of the molecule is c1ccc(-c2ccc(-c3ccc(N(c4ccc(N(c5ccccc5)c5ccccc5)cc4)c4ccc(N(c5ccccc5)c5ccc(N(c6ccccc6)c6ccccc6)cc5)cc4)cc3)cc2)cc1.c1ccc(-c2ccc(N(c3ccc(N(c4ccccc4)c4ccccc4)cc3)c3ccc(N(c4ccccc4)c4ccc(N(c5ccccc5)c5ccccc5)cc4)cc3)cc2)cc1. The third-order valence-corrected chi connectivity index (χ3v) is 24.0. The first kappa shape index (κ1) is 84.2. The highest BCUT2D eigenvalue weighted by Gasteiger charge is 2.24. The second-order valence-electron chi connectivity index (χ2n) is 32.5. The van der Waals surface area contributed by atoms with E-state index in [-0.39, 0.29) is 0 Å². The van der Waals surface area contributed by atoms with Gasteiger partial charge in [0.1, 0.15) is 0 Å². The van der Waals surface area contributed by atoms with Gasteiger partial charge in [0.05, 0.1) is 0 Å². The fraction of sp³-hybridized carbons (Fsp3) is 0. The van der Waals surface area contributed by atoms with E-state index in [1.165, 1.54) is 27.8 Å². The molecule has 0 aliphatic heterocycles. The molecule has 0 bridgehead atoms. The van der Waals surface area contributed by atoms with Crippen molar-refractivity contribution in [2.75, 3.05) is 39.2 Å². The zero-order valence-electron chi connectivity index (χ0n) is 74.0. The summed E-state index contributed by atoms with van der Waals surface area (Å²) in [7, 11) is 0. The number of hydrogen-bond acceptors (Lipinski definition) is 8. The summed E-state index contributed by atoms with van der Waals surface area (Å²) in [6.45, 7) is 0. The number of nitrogens with zero attached hydrogens (tertiary/aromatic N) is 8. The van der Waals surface area contributed by atoms with Gasteiger partial charge < -0.3 is 39.2 Å². The molecule has 134 heavy (non-hydrogen) atoms. The van der Waals surface area contributed by atoms with Gasteiger partial charge in [0, 0.05) is 136 Å². The Bertz CT molecular complexity index is 7070. The molecule has 0 aromatic heterocycles. The molecule has 640 valence electrons. The molecule has 0 saturated carbocycles. The van der Waals surface area contributed by atoms with E-state index in [1.807, 2.05) is 0 Å². The molecule has 0 N–H and O–H groups in total. The van der Waals surface area contributed by atoms with Gasteiger partial charge in [-0.1, -0.05) is 291 Å². The molecule has 0 spiro atoms. The molecule has 21 aromatic rings. The average Bonchev–Trinajstić information content (AvgIpc) is 0.785. The molecular formula is C126H96N8. The minimum atomic E-state index is 1.05. The summed E-state index contributed by atoms with van der Waals surface area (Å²) in [6.07, 6.45) is 0. The Kier molecular flexibility index (Phi) is 25.5. The number of anilines is 24. The van der Waals surface area contributed by atoms with Gasteiger partial charge in [-0.25, -0.2) is 0 Å². The summed E-state index contributed by atoms with van der Waals surface area (Å²) >= 11 is 0. The van der Waals surface area contributed by atoms with E-state index in [4.69, 9.17) is 0 Å². The van der Waals surface area contributed by atoms with Crippen LogP contribution < -0.4 is 39.2 Å². The summed E-state index contributed by atoms with van der Waals surface area (Å²) < 4.78 is 0. The summed E-state index contributed by atoms with van der Waals surface area (Å²) in [5, 5.41) is 0. The quantitative estimate of drug-likeness (QED) is 0.0503. The fourth-order valence-electron chi connectivity index (χ4n) is 17.6. The molecular weight excluding hydrogens is 1630 g/mol. The number of hydrogen-bond donors (Lipinski definition) is 0. The van der Waals surface area contributed by atoms with E-state index in [0.29, 0.717) is 0 Å². The van der Waals surface area contributed by atoms with Crippen molar-refractivity contribution in [1.29, 1.82) is 0 Å². The molecule has 21 aromatic carbocycles. The molecule has 8 heteroatoms. The zero-order valence-corrected chi connectivity index (χ0v) is 74.0. The van der Waals surface area contributed by atoms with E-state index in [9.17, 15) is 0 Å².